The van der Waals surface area contributed by atoms with Crippen molar-refractivity contribution in [1.82, 2.24) is 5.32 Å². The zero-order chi connectivity index (χ0) is 12.0. The van der Waals surface area contributed by atoms with Crippen LogP contribution in [0.15, 0.2) is 5.16 Å². The zero-order valence-corrected chi connectivity index (χ0v) is 9.02. The molecule has 0 aliphatic heterocycles. The second-order valence-electron chi connectivity index (χ2n) is 3.47. The molecule has 1 N–H and O–H groups in total. The first-order valence-electron chi connectivity index (χ1n) is 5.04. The molecule has 86 valence electrons. The van der Waals surface area contributed by atoms with E-state index in [0.717, 1.165) is 12.8 Å². The van der Waals surface area contributed by atoms with Gasteiger partial charge < -0.3 is 10.2 Å². The van der Waals surface area contributed by atoms with E-state index in [1.165, 1.54) is 7.11 Å². The molecule has 0 aromatic rings. The lowest BCUT2D eigenvalue weighted by Crippen LogP contribution is -2.45. The first kappa shape index (κ1) is 12.2. The first-order valence-corrected chi connectivity index (χ1v) is 5.04. The van der Waals surface area contributed by atoms with Gasteiger partial charge in [-0.1, -0.05) is 11.6 Å². The molecule has 1 atom stereocenters. The summed E-state index contributed by atoms with van der Waals surface area (Å²) in [6.07, 6.45) is 2.87. The molecule has 1 aliphatic rings. The Morgan fingerprint density at radius 1 is 1.62 bits per heavy atom. The monoisotopic (exact) mass is 223 g/mol. The van der Waals surface area contributed by atoms with Crippen molar-refractivity contribution in [3.8, 4) is 6.07 Å². The number of ketones is 1. The predicted octanol–water partition coefficient (Wildman–Crippen LogP) is 0.140. The van der Waals surface area contributed by atoms with Crippen LogP contribution >= 0.6 is 0 Å². The highest BCUT2D eigenvalue weighted by atomic mass is 16.6. The molecule has 6 nitrogen and oxygen atoms in total. The number of hydrogen-bond acceptors (Lipinski definition) is 5. The number of amides is 1. The normalized spacial score (nSPS) is 21.1. The highest BCUT2D eigenvalue weighted by molar-refractivity contribution is 6.45. The molecular weight excluding hydrogens is 210 g/mol. The fraction of sp³-hybridized carbons (Fsp3) is 0.600. The van der Waals surface area contributed by atoms with Crippen molar-refractivity contribution in [3.63, 3.8) is 0 Å². The summed E-state index contributed by atoms with van der Waals surface area (Å²) in [5, 5.41) is 14.4. The van der Waals surface area contributed by atoms with Gasteiger partial charge in [0.1, 0.15) is 13.2 Å². The Labute approximate surface area is 93.2 Å². The van der Waals surface area contributed by atoms with E-state index < -0.39 is 11.9 Å². The predicted molar refractivity (Wildman–Crippen MR) is 55.5 cm³/mol. The highest BCUT2D eigenvalue weighted by Gasteiger charge is 2.25. The molecule has 1 saturated carbocycles. The third-order valence-corrected chi connectivity index (χ3v) is 2.36. The van der Waals surface area contributed by atoms with Crippen molar-refractivity contribution in [3.05, 3.63) is 0 Å². The fourth-order valence-electron chi connectivity index (χ4n) is 1.57. The van der Waals surface area contributed by atoms with Gasteiger partial charge in [0.25, 0.3) is 5.91 Å². The Morgan fingerprint density at radius 2 is 2.38 bits per heavy atom. The number of Topliss-reactive ketones (excluding diaryl/α,β-unsaturated/α-hetero) is 1. The Bertz CT molecular complexity index is 357. The molecule has 0 saturated heterocycles. The quantitative estimate of drug-likeness (QED) is 0.544. The van der Waals surface area contributed by atoms with E-state index in [9.17, 15) is 9.59 Å². The van der Waals surface area contributed by atoms with Crippen LogP contribution in [0.2, 0.25) is 0 Å². The fourth-order valence-corrected chi connectivity index (χ4v) is 1.57. The van der Waals surface area contributed by atoms with E-state index >= 15 is 0 Å². The Kier molecular flexibility index (Phi) is 4.45. The first-order chi connectivity index (χ1) is 7.69. The van der Waals surface area contributed by atoms with Crippen LogP contribution in [0.5, 0.6) is 0 Å². The number of carbonyl (C=O) groups is 2. The van der Waals surface area contributed by atoms with Gasteiger partial charge in [0.2, 0.25) is 5.71 Å². The van der Waals surface area contributed by atoms with Crippen LogP contribution in [0, 0.1) is 11.3 Å². The van der Waals surface area contributed by atoms with Gasteiger partial charge in [0, 0.05) is 6.42 Å². The van der Waals surface area contributed by atoms with Crippen LogP contribution in [0.1, 0.15) is 25.7 Å². The average Bonchev–Trinajstić information content (AvgIpc) is 2.29. The molecule has 1 rings (SSSR count). The summed E-state index contributed by atoms with van der Waals surface area (Å²) < 4.78 is 0. The maximum Gasteiger partial charge on any atom is 0.284 e. The molecule has 0 heterocycles. The molecule has 1 fully saturated rings. The van der Waals surface area contributed by atoms with Crippen molar-refractivity contribution >= 4 is 17.4 Å². The number of nitriles is 1. The van der Waals surface area contributed by atoms with Crippen LogP contribution < -0.4 is 5.32 Å². The Hall–Kier alpha value is -1.90. The van der Waals surface area contributed by atoms with E-state index in [0.29, 0.717) is 12.8 Å². The molecule has 0 radical (unpaired) electrons. The molecule has 1 unspecified atom stereocenters. The third kappa shape index (κ3) is 3.05. The van der Waals surface area contributed by atoms with Gasteiger partial charge in [-0.05, 0) is 12.8 Å². The number of rotatable bonds is 3. The second-order valence-corrected chi connectivity index (χ2v) is 3.47. The van der Waals surface area contributed by atoms with Crippen LogP contribution in [-0.4, -0.2) is 30.6 Å². The summed E-state index contributed by atoms with van der Waals surface area (Å²) in [5.41, 5.74) is -0.374. The Balaban J connectivity index is 2.59. The van der Waals surface area contributed by atoms with E-state index in [2.05, 4.69) is 15.3 Å². The molecule has 0 aromatic carbocycles. The third-order valence-electron chi connectivity index (χ3n) is 2.36. The Morgan fingerprint density at radius 3 is 2.94 bits per heavy atom. The van der Waals surface area contributed by atoms with Crippen molar-refractivity contribution in [1.29, 1.82) is 5.26 Å². The molecule has 0 aromatic heterocycles. The summed E-state index contributed by atoms with van der Waals surface area (Å²) in [6, 6.07) is 1.12. The molecule has 1 aliphatic carbocycles. The van der Waals surface area contributed by atoms with Crippen molar-refractivity contribution in [2.24, 2.45) is 5.16 Å². The van der Waals surface area contributed by atoms with Crippen LogP contribution in [0.4, 0.5) is 0 Å². The topological polar surface area (TPSA) is 91.5 Å². The summed E-state index contributed by atoms with van der Waals surface area (Å²) in [5.74, 6) is -0.654. The lowest BCUT2D eigenvalue weighted by molar-refractivity contribution is -0.126. The average molecular weight is 223 g/mol. The van der Waals surface area contributed by atoms with Crippen LogP contribution in [0.25, 0.3) is 0 Å². The highest BCUT2D eigenvalue weighted by Crippen LogP contribution is 2.14. The number of nitrogens with zero attached hydrogens (tertiary/aromatic N) is 2. The number of carbonyl (C=O) groups excluding carboxylic acids is 2. The number of hydrogen-bond donors (Lipinski definition) is 1. The zero-order valence-electron chi connectivity index (χ0n) is 9.02. The SMILES string of the molecule is CON=C(C#N)C(=O)NC1CCCCC1=O. The number of nitrogens with one attached hydrogen (secondary N) is 1. The van der Waals surface area contributed by atoms with Gasteiger partial charge >= 0.3 is 0 Å². The summed E-state index contributed by atoms with van der Waals surface area (Å²) >= 11 is 0. The molecule has 0 spiro atoms. The van der Waals surface area contributed by atoms with Crippen LogP contribution in [-0.2, 0) is 14.4 Å². The summed E-state index contributed by atoms with van der Waals surface area (Å²) in [6.45, 7) is 0. The second kappa shape index (κ2) is 5.85. The van der Waals surface area contributed by atoms with Crippen molar-refractivity contribution in [2.45, 2.75) is 31.7 Å². The van der Waals surface area contributed by atoms with E-state index in [1.807, 2.05) is 0 Å². The van der Waals surface area contributed by atoms with Gasteiger partial charge in [-0.3, -0.25) is 9.59 Å². The smallest absolute Gasteiger partial charge is 0.284 e. The molecule has 16 heavy (non-hydrogen) atoms. The molecular formula is C10H13N3O3. The van der Waals surface area contributed by atoms with Crippen molar-refractivity contribution < 1.29 is 14.4 Å². The van der Waals surface area contributed by atoms with Crippen LogP contribution in [0.3, 0.4) is 0 Å². The van der Waals surface area contributed by atoms with E-state index in [-0.39, 0.29) is 11.5 Å². The van der Waals surface area contributed by atoms with Gasteiger partial charge in [-0.25, -0.2) is 0 Å². The van der Waals surface area contributed by atoms with E-state index in [4.69, 9.17) is 5.26 Å². The lowest BCUT2D eigenvalue weighted by Gasteiger charge is -2.20. The van der Waals surface area contributed by atoms with Gasteiger partial charge in [-0.2, -0.15) is 5.26 Å². The largest absolute Gasteiger partial charge is 0.398 e. The van der Waals surface area contributed by atoms with Gasteiger partial charge in [0.05, 0.1) is 6.04 Å². The standard InChI is InChI=1S/C10H13N3O3/c1-16-13-8(6-11)10(15)12-7-4-2-3-5-9(7)14/h7H,2-5H2,1H3,(H,12,15). The molecule has 1 amide bonds. The maximum atomic E-state index is 11.5. The molecule has 0 bridgehead atoms. The summed E-state index contributed by atoms with van der Waals surface area (Å²) in [7, 11) is 1.25. The minimum atomic E-state index is -0.662. The summed E-state index contributed by atoms with van der Waals surface area (Å²) in [4.78, 5) is 27.3. The minimum Gasteiger partial charge on any atom is -0.398 e. The van der Waals surface area contributed by atoms with Gasteiger partial charge in [-0.15, -0.1) is 0 Å². The van der Waals surface area contributed by atoms with E-state index in [1.54, 1.807) is 6.07 Å². The number of oxime groups is 1. The maximum absolute atomic E-state index is 11.5. The lowest BCUT2D eigenvalue weighted by atomic mass is 9.94. The van der Waals surface area contributed by atoms with Gasteiger partial charge in [0.15, 0.2) is 5.78 Å². The molecule has 6 heteroatoms. The van der Waals surface area contributed by atoms with Crippen molar-refractivity contribution in [2.75, 3.05) is 7.11 Å². The minimum absolute atomic E-state index is 0.00862.